The highest BCUT2D eigenvalue weighted by Gasteiger charge is 2.11. The average molecular weight is 507 g/mol. The molecule has 0 atom stereocenters. The molecule has 38 heavy (non-hydrogen) atoms. The second kappa shape index (κ2) is 12.3. The maximum absolute atomic E-state index is 12.6. The molecule has 0 aliphatic heterocycles. The second-order valence-corrected chi connectivity index (χ2v) is 8.50. The van der Waals surface area contributed by atoms with Gasteiger partial charge >= 0.3 is 5.97 Å². The minimum Gasteiger partial charge on any atom is -0.458 e. The van der Waals surface area contributed by atoms with E-state index in [1.807, 2.05) is 30.3 Å². The molecule has 6 nitrogen and oxygen atoms in total. The van der Waals surface area contributed by atoms with Crippen molar-refractivity contribution in [3.8, 4) is 17.2 Å². The number of carbonyl (C=O) groups is 3. The molecule has 0 fully saturated rings. The first-order valence-corrected chi connectivity index (χ1v) is 11.9. The molecule has 0 bridgehead atoms. The van der Waals surface area contributed by atoms with E-state index in [0.29, 0.717) is 29.2 Å². The summed E-state index contributed by atoms with van der Waals surface area (Å²) in [5.74, 6) is 1.06. The van der Waals surface area contributed by atoms with Crippen molar-refractivity contribution in [2.24, 2.45) is 0 Å². The SMILES string of the molecule is C=CC(=O)Cc1ccc(OCOc2ccc3cc(C(=O)Oc4ccc(CC(=O)C=C)cc4)ccc3c2)cc1. The third-order valence-electron chi connectivity index (χ3n) is 5.77. The van der Waals surface area contributed by atoms with Crippen molar-refractivity contribution in [3.05, 3.63) is 127 Å². The molecule has 0 saturated carbocycles. The third-order valence-corrected chi connectivity index (χ3v) is 5.77. The van der Waals surface area contributed by atoms with Gasteiger partial charge in [0.05, 0.1) is 5.56 Å². The predicted octanol–water partition coefficient (Wildman–Crippen LogP) is 6.07. The van der Waals surface area contributed by atoms with Crippen LogP contribution in [-0.2, 0) is 22.4 Å². The standard InChI is InChI=1S/C32H26O6/c1-3-27(33)17-22-5-12-29(13-6-22)36-21-37-31-16-11-24-19-26(10-9-25(24)20-31)32(35)38-30-14-7-23(8-15-30)18-28(34)4-2/h3-16,19-20H,1-2,17-18,21H2. The molecule has 190 valence electrons. The number of hydrogen-bond acceptors (Lipinski definition) is 6. The maximum atomic E-state index is 12.6. The van der Waals surface area contributed by atoms with Crippen LogP contribution in [-0.4, -0.2) is 24.3 Å². The summed E-state index contributed by atoms with van der Waals surface area (Å²) in [7, 11) is 0. The van der Waals surface area contributed by atoms with E-state index in [-0.39, 0.29) is 24.8 Å². The zero-order valence-corrected chi connectivity index (χ0v) is 20.7. The number of ketones is 2. The molecule has 4 rings (SSSR count). The maximum Gasteiger partial charge on any atom is 0.343 e. The highest BCUT2D eigenvalue weighted by molar-refractivity contribution is 5.97. The highest BCUT2D eigenvalue weighted by Crippen LogP contribution is 2.24. The van der Waals surface area contributed by atoms with Gasteiger partial charge in [-0.2, -0.15) is 0 Å². The number of fused-ring (bicyclic) bond motifs is 1. The molecule has 0 aliphatic carbocycles. The van der Waals surface area contributed by atoms with Gasteiger partial charge in [-0.05, 0) is 82.6 Å². The Morgan fingerprint density at radius 1 is 0.605 bits per heavy atom. The zero-order valence-electron chi connectivity index (χ0n) is 20.7. The van der Waals surface area contributed by atoms with Crippen LogP contribution in [0.1, 0.15) is 21.5 Å². The van der Waals surface area contributed by atoms with Crippen molar-refractivity contribution < 1.29 is 28.6 Å². The molecule has 0 aliphatic rings. The van der Waals surface area contributed by atoms with Crippen LogP contribution in [0.5, 0.6) is 17.2 Å². The topological polar surface area (TPSA) is 78.9 Å². The van der Waals surface area contributed by atoms with Gasteiger partial charge in [0.25, 0.3) is 0 Å². The smallest absolute Gasteiger partial charge is 0.343 e. The lowest BCUT2D eigenvalue weighted by molar-refractivity contribution is -0.114. The Hall–Kier alpha value is -4.97. The Morgan fingerprint density at radius 2 is 1.11 bits per heavy atom. The van der Waals surface area contributed by atoms with Crippen LogP contribution in [0.25, 0.3) is 10.8 Å². The quantitative estimate of drug-likeness (QED) is 0.100. The lowest BCUT2D eigenvalue weighted by Crippen LogP contribution is -2.08. The molecule has 0 radical (unpaired) electrons. The van der Waals surface area contributed by atoms with Crippen LogP contribution < -0.4 is 14.2 Å². The van der Waals surface area contributed by atoms with Crippen molar-refractivity contribution in [1.82, 2.24) is 0 Å². The molecule has 6 heteroatoms. The summed E-state index contributed by atoms with van der Waals surface area (Å²) in [6, 6.07) is 24.8. The Balaban J connectivity index is 1.32. The molecule has 0 heterocycles. The lowest BCUT2D eigenvalue weighted by Gasteiger charge is -2.10. The van der Waals surface area contributed by atoms with Gasteiger partial charge in [-0.3, -0.25) is 9.59 Å². The normalized spacial score (nSPS) is 10.4. The van der Waals surface area contributed by atoms with Gasteiger partial charge in [-0.15, -0.1) is 0 Å². The number of carbonyl (C=O) groups excluding carboxylic acids is 3. The van der Waals surface area contributed by atoms with Gasteiger partial charge < -0.3 is 14.2 Å². The van der Waals surface area contributed by atoms with Crippen molar-refractivity contribution in [1.29, 1.82) is 0 Å². The van der Waals surface area contributed by atoms with E-state index in [1.165, 1.54) is 12.2 Å². The molecule has 4 aromatic rings. The van der Waals surface area contributed by atoms with Crippen molar-refractivity contribution in [2.45, 2.75) is 12.8 Å². The molecule has 0 saturated heterocycles. The minimum absolute atomic E-state index is 0.0153. The Bertz CT molecular complexity index is 1480. The predicted molar refractivity (Wildman–Crippen MR) is 146 cm³/mol. The van der Waals surface area contributed by atoms with Gasteiger partial charge in [0, 0.05) is 12.8 Å². The third kappa shape index (κ3) is 7.04. The van der Waals surface area contributed by atoms with E-state index < -0.39 is 5.97 Å². The molecule has 0 N–H and O–H groups in total. The molecular weight excluding hydrogens is 480 g/mol. The van der Waals surface area contributed by atoms with E-state index in [9.17, 15) is 14.4 Å². The van der Waals surface area contributed by atoms with E-state index in [0.717, 1.165) is 21.9 Å². The summed E-state index contributed by atoms with van der Waals surface area (Å²) in [6.07, 6.45) is 3.16. The van der Waals surface area contributed by atoms with E-state index in [4.69, 9.17) is 14.2 Å². The number of ether oxygens (including phenoxy) is 3. The van der Waals surface area contributed by atoms with Crippen molar-refractivity contribution in [3.63, 3.8) is 0 Å². The highest BCUT2D eigenvalue weighted by atomic mass is 16.7. The van der Waals surface area contributed by atoms with Gasteiger partial charge in [0.2, 0.25) is 6.79 Å². The fourth-order valence-electron chi connectivity index (χ4n) is 3.70. The summed E-state index contributed by atoms with van der Waals surface area (Å²) in [5.41, 5.74) is 2.12. The summed E-state index contributed by atoms with van der Waals surface area (Å²) in [4.78, 5) is 35.6. The molecular formula is C32H26O6. The number of hydrogen-bond donors (Lipinski definition) is 0. The van der Waals surface area contributed by atoms with E-state index in [2.05, 4.69) is 13.2 Å². The van der Waals surface area contributed by atoms with E-state index in [1.54, 1.807) is 54.6 Å². The van der Waals surface area contributed by atoms with Crippen molar-refractivity contribution in [2.75, 3.05) is 6.79 Å². The fraction of sp³-hybridized carbons (Fsp3) is 0.0938. The van der Waals surface area contributed by atoms with Crippen molar-refractivity contribution >= 4 is 28.3 Å². The lowest BCUT2D eigenvalue weighted by atomic mass is 10.1. The Kier molecular flexibility index (Phi) is 8.46. The van der Waals surface area contributed by atoms with Gasteiger partial charge in [-0.25, -0.2) is 4.79 Å². The van der Waals surface area contributed by atoms with Crippen LogP contribution in [0.4, 0.5) is 0 Å². The van der Waals surface area contributed by atoms with Crippen LogP contribution in [0.3, 0.4) is 0 Å². The first-order valence-electron chi connectivity index (χ1n) is 11.9. The monoisotopic (exact) mass is 506 g/mol. The number of rotatable bonds is 12. The van der Waals surface area contributed by atoms with Crippen LogP contribution in [0.2, 0.25) is 0 Å². The second-order valence-electron chi connectivity index (χ2n) is 8.50. The van der Waals surface area contributed by atoms with E-state index >= 15 is 0 Å². The molecule has 4 aromatic carbocycles. The minimum atomic E-state index is -0.476. The summed E-state index contributed by atoms with van der Waals surface area (Å²) < 4.78 is 16.8. The van der Waals surface area contributed by atoms with Crippen LogP contribution in [0.15, 0.2) is 110 Å². The number of benzene rings is 4. The summed E-state index contributed by atoms with van der Waals surface area (Å²) in [5, 5.41) is 1.75. The zero-order chi connectivity index (χ0) is 26.9. The average Bonchev–Trinajstić information content (AvgIpc) is 2.94. The number of esters is 1. The Labute approximate surface area is 220 Å². The molecule has 0 aromatic heterocycles. The van der Waals surface area contributed by atoms with Gasteiger partial charge in [-0.1, -0.05) is 49.6 Å². The fourth-order valence-corrected chi connectivity index (χ4v) is 3.70. The van der Waals surface area contributed by atoms with Gasteiger partial charge in [0.15, 0.2) is 11.6 Å². The summed E-state index contributed by atoms with van der Waals surface area (Å²) in [6.45, 7) is 6.96. The largest absolute Gasteiger partial charge is 0.458 e. The van der Waals surface area contributed by atoms with Crippen LogP contribution in [0, 0.1) is 0 Å². The summed E-state index contributed by atoms with van der Waals surface area (Å²) >= 11 is 0. The van der Waals surface area contributed by atoms with Crippen LogP contribution >= 0.6 is 0 Å². The van der Waals surface area contributed by atoms with Gasteiger partial charge in [0.1, 0.15) is 17.2 Å². The Morgan fingerprint density at radius 3 is 1.71 bits per heavy atom. The molecule has 0 unspecified atom stereocenters. The number of allylic oxidation sites excluding steroid dienone is 2. The first kappa shape index (κ1) is 26.1. The first-order chi connectivity index (χ1) is 18.4. The molecule has 0 spiro atoms. The molecule has 0 amide bonds.